The van der Waals surface area contributed by atoms with Crippen molar-refractivity contribution in [2.45, 2.75) is 13.1 Å². The summed E-state index contributed by atoms with van der Waals surface area (Å²) in [6, 6.07) is 12.0. The van der Waals surface area contributed by atoms with Crippen LogP contribution in [0.3, 0.4) is 0 Å². The van der Waals surface area contributed by atoms with E-state index in [1.807, 2.05) is 19.1 Å². The van der Waals surface area contributed by atoms with Gasteiger partial charge in [0.25, 0.3) is 0 Å². The zero-order chi connectivity index (χ0) is 14.0. The van der Waals surface area contributed by atoms with Crippen LogP contribution in [0.25, 0.3) is 0 Å². The summed E-state index contributed by atoms with van der Waals surface area (Å²) in [5, 5.41) is 7.99. The predicted molar refractivity (Wildman–Crippen MR) is 68.6 cm³/mol. The Balaban J connectivity index is 2.27. The molecule has 0 unspecified atom stereocenters. The minimum atomic E-state index is -4.34. The van der Waals surface area contributed by atoms with Crippen molar-refractivity contribution >= 4 is 5.71 Å². The van der Waals surface area contributed by atoms with E-state index in [1.165, 1.54) is 12.1 Å². The van der Waals surface area contributed by atoms with Gasteiger partial charge in [-0.2, -0.15) is 13.2 Å². The van der Waals surface area contributed by atoms with Crippen LogP contribution in [-0.4, -0.2) is 5.71 Å². The number of aryl methyl sites for hydroxylation is 1. The Labute approximate surface area is 109 Å². The highest BCUT2D eigenvalue weighted by Gasteiger charge is 2.30. The lowest BCUT2D eigenvalue weighted by Crippen LogP contribution is -2.06. The van der Waals surface area contributed by atoms with Gasteiger partial charge in [0.15, 0.2) is 0 Å². The van der Waals surface area contributed by atoms with Crippen LogP contribution in [0.2, 0.25) is 0 Å². The molecule has 1 nitrogen and oxygen atoms in total. The fourth-order valence-corrected chi connectivity index (χ4v) is 1.71. The zero-order valence-corrected chi connectivity index (χ0v) is 10.3. The second kappa shape index (κ2) is 4.88. The Bertz CT molecular complexity index is 580. The van der Waals surface area contributed by atoms with Crippen LogP contribution in [0.15, 0.2) is 48.5 Å². The third-order valence-electron chi connectivity index (χ3n) is 2.84. The van der Waals surface area contributed by atoms with Crippen molar-refractivity contribution in [2.75, 3.05) is 0 Å². The molecule has 0 aliphatic carbocycles. The van der Waals surface area contributed by atoms with Crippen LogP contribution in [-0.2, 0) is 6.18 Å². The lowest BCUT2D eigenvalue weighted by molar-refractivity contribution is -0.137. The molecule has 2 aromatic carbocycles. The molecule has 4 heteroatoms. The summed E-state index contributed by atoms with van der Waals surface area (Å²) in [5.74, 6) is 0. The summed E-state index contributed by atoms with van der Waals surface area (Å²) in [6.07, 6.45) is -4.34. The number of hydrogen-bond acceptors (Lipinski definition) is 1. The Hall–Kier alpha value is -2.10. The molecule has 19 heavy (non-hydrogen) atoms. The molecule has 0 aliphatic heterocycles. The van der Waals surface area contributed by atoms with Crippen molar-refractivity contribution in [2.24, 2.45) is 0 Å². The van der Waals surface area contributed by atoms with Crippen LogP contribution in [0.4, 0.5) is 13.2 Å². The SMILES string of the molecule is Cc1ccc(C(=N)c2ccc(C(F)(F)F)cc2)cc1. The largest absolute Gasteiger partial charge is 0.416 e. The van der Waals surface area contributed by atoms with Crippen molar-refractivity contribution in [1.29, 1.82) is 5.41 Å². The molecule has 0 amide bonds. The average Bonchev–Trinajstić information content (AvgIpc) is 2.38. The van der Waals surface area contributed by atoms with E-state index < -0.39 is 11.7 Å². The molecule has 2 rings (SSSR count). The quantitative estimate of drug-likeness (QED) is 0.775. The first-order valence-corrected chi connectivity index (χ1v) is 5.71. The van der Waals surface area contributed by atoms with Crippen molar-refractivity contribution < 1.29 is 13.2 Å². The predicted octanol–water partition coefficient (Wildman–Crippen LogP) is 4.43. The molecule has 0 bridgehead atoms. The summed E-state index contributed by atoms with van der Waals surface area (Å²) < 4.78 is 37.3. The summed E-state index contributed by atoms with van der Waals surface area (Å²) in [6.45, 7) is 1.94. The minimum Gasteiger partial charge on any atom is -0.300 e. The van der Waals surface area contributed by atoms with Crippen LogP contribution in [0.1, 0.15) is 22.3 Å². The monoisotopic (exact) mass is 263 g/mol. The number of rotatable bonds is 2. The number of halogens is 3. The van der Waals surface area contributed by atoms with Crippen LogP contribution < -0.4 is 0 Å². The molecule has 0 radical (unpaired) electrons. The van der Waals surface area contributed by atoms with Gasteiger partial charge >= 0.3 is 6.18 Å². The number of nitrogens with one attached hydrogen (secondary N) is 1. The first-order chi connectivity index (χ1) is 8.88. The second-order valence-corrected chi connectivity index (χ2v) is 4.32. The highest BCUT2D eigenvalue weighted by molar-refractivity contribution is 6.10. The Kier molecular flexibility index (Phi) is 3.42. The molecule has 0 aliphatic rings. The maximum absolute atomic E-state index is 12.4. The van der Waals surface area contributed by atoms with Crippen LogP contribution >= 0.6 is 0 Å². The third kappa shape index (κ3) is 3.02. The number of benzene rings is 2. The molecule has 0 saturated carbocycles. The Morgan fingerprint density at radius 3 is 1.68 bits per heavy atom. The van der Waals surface area contributed by atoms with Crippen LogP contribution in [0.5, 0.6) is 0 Å². The highest BCUT2D eigenvalue weighted by atomic mass is 19.4. The molecular formula is C15H12F3N. The van der Waals surface area contributed by atoms with E-state index in [4.69, 9.17) is 5.41 Å². The summed E-state index contributed by atoms with van der Waals surface area (Å²) in [4.78, 5) is 0. The normalized spacial score (nSPS) is 11.4. The maximum atomic E-state index is 12.4. The van der Waals surface area contributed by atoms with Crippen molar-refractivity contribution in [3.63, 3.8) is 0 Å². The summed E-state index contributed by atoms with van der Waals surface area (Å²) in [5.41, 5.74) is 1.74. The zero-order valence-electron chi connectivity index (χ0n) is 10.3. The molecule has 0 atom stereocenters. The number of hydrogen-bond donors (Lipinski definition) is 1. The molecular weight excluding hydrogens is 251 g/mol. The van der Waals surface area contributed by atoms with E-state index in [0.29, 0.717) is 11.1 Å². The summed E-state index contributed by atoms with van der Waals surface area (Å²) in [7, 11) is 0. The van der Waals surface area contributed by atoms with Gasteiger partial charge in [-0.25, -0.2) is 0 Å². The van der Waals surface area contributed by atoms with Crippen LogP contribution in [0, 0.1) is 12.3 Å². The first kappa shape index (κ1) is 13.3. The molecule has 0 spiro atoms. The Morgan fingerprint density at radius 2 is 1.26 bits per heavy atom. The van der Waals surface area contributed by atoms with Crippen molar-refractivity contribution in [1.82, 2.24) is 0 Å². The fourth-order valence-electron chi connectivity index (χ4n) is 1.71. The smallest absolute Gasteiger partial charge is 0.300 e. The van der Waals surface area contributed by atoms with E-state index in [9.17, 15) is 13.2 Å². The molecule has 1 N–H and O–H groups in total. The molecule has 0 fully saturated rings. The van der Waals surface area contributed by atoms with Gasteiger partial charge < -0.3 is 0 Å². The fraction of sp³-hybridized carbons (Fsp3) is 0.133. The second-order valence-electron chi connectivity index (χ2n) is 4.32. The van der Waals surface area contributed by atoms with E-state index in [-0.39, 0.29) is 5.71 Å². The van der Waals surface area contributed by atoms with Gasteiger partial charge in [0, 0.05) is 11.1 Å². The molecule has 0 saturated heterocycles. The van der Waals surface area contributed by atoms with Gasteiger partial charge in [0.1, 0.15) is 0 Å². The van der Waals surface area contributed by atoms with E-state index in [2.05, 4.69) is 0 Å². The van der Waals surface area contributed by atoms with Gasteiger partial charge in [-0.15, -0.1) is 0 Å². The van der Waals surface area contributed by atoms with Gasteiger partial charge in [-0.3, -0.25) is 5.41 Å². The average molecular weight is 263 g/mol. The number of alkyl halides is 3. The molecule has 2 aromatic rings. The lowest BCUT2D eigenvalue weighted by Gasteiger charge is -2.09. The summed E-state index contributed by atoms with van der Waals surface area (Å²) >= 11 is 0. The van der Waals surface area contributed by atoms with Crippen molar-refractivity contribution in [3.05, 3.63) is 70.8 Å². The first-order valence-electron chi connectivity index (χ1n) is 5.71. The lowest BCUT2D eigenvalue weighted by atomic mass is 10.0. The van der Waals surface area contributed by atoms with Gasteiger partial charge in [-0.05, 0) is 19.1 Å². The van der Waals surface area contributed by atoms with E-state index >= 15 is 0 Å². The Morgan fingerprint density at radius 1 is 0.842 bits per heavy atom. The van der Waals surface area contributed by atoms with Gasteiger partial charge in [0.05, 0.1) is 11.3 Å². The molecule has 0 heterocycles. The minimum absolute atomic E-state index is 0.216. The van der Waals surface area contributed by atoms with Gasteiger partial charge in [-0.1, -0.05) is 42.0 Å². The van der Waals surface area contributed by atoms with Gasteiger partial charge in [0.2, 0.25) is 0 Å². The maximum Gasteiger partial charge on any atom is 0.416 e. The highest BCUT2D eigenvalue weighted by Crippen LogP contribution is 2.29. The molecule has 98 valence electrons. The topological polar surface area (TPSA) is 23.9 Å². The standard InChI is InChI=1S/C15H12F3N/c1-10-2-4-11(5-3-10)14(19)12-6-8-13(9-7-12)15(16,17)18/h2-9,19H,1H3. The van der Waals surface area contributed by atoms with E-state index in [0.717, 1.165) is 17.7 Å². The third-order valence-corrected chi connectivity index (χ3v) is 2.84. The van der Waals surface area contributed by atoms with E-state index in [1.54, 1.807) is 12.1 Å². The molecule has 0 aromatic heterocycles. The van der Waals surface area contributed by atoms with Crippen molar-refractivity contribution in [3.8, 4) is 0 Å².